The van der Waals surface area contributed by atoms with Gasteiger partial charge in [0.15, 0.2) is 0 Å². The molecule has 1 aliphatic heterocycles. The number of nitrogens with zero attached hydrogens (tertiary/aromatic N) is 2. The lowest BCUT2D eigenvalue weighted by atomic mass is 10.2. The van der Waals surface area contributed by atoms with Crippen molar-refractivity contribution in [1.82, 2.24) is 15.5 Å². The molecular weight excluding hydrogens is 340 g/mol. The Kier molecular flexibility index (Phi) is 7.52. The molecule has 0 aromatic heterocycles. The van der Waals surface area contributed by atoms with Gasteiger partial charge in [0.2, 0.25) is 5.91 Å². The summed E-state index contributed by atoms with van der Waals surface area (Å²) in [4.78, 5) is 28.2. The first-order valence-corrected chi connectivity index (χ1v) is 9.24. The van der Waals surface area contributed by atoms with Crippen LogP contribution in [0.5, 0.6) is 0 Å². The number of nitrogens with one attached hydrogen (secondary N) is 2. The lowest BCUT2D eigenvalue weighted by molar-refractivity contribution is -0.117. The molecule has 2 rings (SSSR count). The van der Waals surface area contributed by atoms with Gasteiger partial charge >= 0.3 is 6.03 Å². The minimum absolute atomic E-state index is 0.00848. The van der Waals surface area contributed by atoms with E-state index in [1.54, 1.807) is 17.0 Å². The summed E-state index contributed by atoms with van der Waals surface area (Å²) in [5.74, 6) is 0.00848. The molecule has 2 N–H and O–H groups in total. The van der Waals surface area contributed by atoms with Gasteiger partial charge in [0.05, 0.1) is 6.04 Å². The van der Waals surface area contributed by atoms with Gasteiger partial charge < -0.3 is 20.4 Å². The van der Waals surface area contributed by atoms with E-state index < -0.39 is 0 Å². The summed E-state index contributed by atoms with van der Waals surface area (Å²) < 4.78 is 0. The van der Waals surface area contributed by atoms with Gasteiger partial charge in [-0.05, 0) is 50.3 Å². The van der Waals surface area contributed by atoms with Crippen molar-refractivity contribution in [2.75, 3.05) is 37.6 Å². The van der Waals surface area contributed by atoms with Crippen LogP contribution in [0.1, 0.15) is 26.7 Å². The molecule has 0 saturated carbocycles. The van der Waals surface area contributed by atoms with Gasteiger partial charge in [-0.1, -0.05) is 25.4 Å². The van der Waals surface area contributed by atoms with Gasteiger partial charge in [0.1, 0.15) is 0 Å². The van der Waals surface area contributed by atoms with Crippen molar-refractivity contribution in [2.45, 2.75) is 32.7 Å². The first-order chi connectivity index (χ1) is 12.0. The zero-order chi connectivity index (χ0) is 18.2. The predicted octanol–water partition coefficient (Wildman–Crippen LogP) is 2.48. The van der Waals surface area contributed by atoms with Gasteiger partial charge in [0, 0.05) is 30.2 Å². The normalized spacial score (nSPS) is 17.2. The number of halogens is 1. The van der Waals surface area contributed by atoms with E-state index in [9.17, 15) is 9.59 Å². The SMILES string of the molecule is CCN(CC)CCCNC(=O)N[C@H]1CC(=O)N(c2ccc(Cl)cc2)C1. The first kappa shape index (κ1) is 19.5. The fourth-order valence-electron chi connectivity index (χ4n) is 2.96. The molecule has 1 heterocycles. The molecule has 138 valence electrons. The van der Waals surface area contributed by atoms with Gasteiger partial charge in [-0.25, -0.2) is 4.79 Å². The average Bonchev–Trinajstić information content (AvgIpc) is 2.96. The molecule has 0 unspecified atom stereocenters. The zero-order valence-corrected chi connectivity index (χ0v) is 15.7. The molecule has 3 amide bonds. The largest absolute Gasteiger partial charge is 0.338 e. The summed E-state index contributed by atoms with van der Waals surface area (Å²) >= 11 is 5.88. The number of hydrogen-bond acceptors (Lipinski definition) is 3. The smallest absolute Gasteiger partial charge is 0.315 e. The Morgan fingerprint density at radius 1 is 1.28 bits per heavy atom. The molecule has 1 atom stereocenters. The fourth-order valence-corrected chi connectivity index (χ4v) is 3.08. The maximum atomic E-state index is 12.2. The highest BCUT2D eigenvalue weighted by Gasteiger charge is 2.31. The second kappa shape index (κ2) is 9.63. The molecule has 0 radical (unpaired) electrons. The van der Waals surface area contributed by atoms with Crippen LogP contribution in [0.25, 0.3) is 0 Å². The second-order valence-electron chi connectivity index (χ2n) is 6.16. The Morgan fingerprint density at radius 2 is 1.96 bits per heavy atom. The van der Waals surface area contributed by atoms with Crippen LogP contribution in [0.2, 0.25) is 5.02 Å². The van der Waals surface area contributed by atoms with E-state index in [2.05, 4.69) is 29.4 Å². The summed E-state index contributed by atoms with van der Waals surface area (Å²) in [7, 11) is 0. The van der Waals surface area contributed by atoms with E-state index in [-0.39, 0.29) is 18.0 Å². The van der Waals surface area contributed by atoms with Crippen molar-refractivity contribution in [2.24, 2.45) is 0 Å². The van der Waals surface area contributed by atoms with Crippen LogP contribution < -0.4 is 15.5 Å². The van der Waals surface area contributed by atoms with E-state index >= 15 is 0 Å². The second-order valence-corrected chi connectivity index (χ2v) is 6.60. The Bertz CT molecular complexity index is 575. The summed E-state index contributed by atoms with van der Waals surface area (Å²) in [6.45, 7) is 8.39. The third-order valence-corrected chi connectivity index (χ3v) is 4.68. The first-order valence-electron chi connectivity index (χ1n) is 8.86. The Hall–Kier alpha value is -1.79. The third-order valence-electron chi connectivity index (χ3n) is 4.43. The standard InChI is InChI=1S/C18H27ClN4O2/c1-3-22(4-2)11-5-10-20-18(25)21-15-12-17(24)23(13-15)16-8-6-14(19)7-9-16/h6-9,15H,3-5,10-13H2,1-2H3,(H2,20,21,25)/t15-/m0/s1. The summed E-state index contributed by atoms with van der Waals surface area (Å²) in [6, 6.07) is 6.76. The number of carbonyl (C=O) groups excluding carboxylic acids is 2. The van der Waals surface area contributed by atoms with Crippen LogP contribution in [-0.4, -0.2) is 55.6 Å². The highest BCUT2D eigenvalue weighted by atomic mass is 35.5. The lowest BCUT2D eigenvalue weighted by Crippen LogP contribution is -2.44. The van der Waals surface area contributed by atoms with E-state index in [4.69, 9.17) is 11.6 Å². The molecule has 6 nitrogen and oxygen atoms in total. The van der Waals surface area contributed by atoms with E-state index in [0.29, 0.717) is 24.5 Å². The molecule has 1 aliphatic rings. The van der Waals surface area contributed by atoms with Gasteiger partial charge in [-0.15, -0.1) is 0 Å². The summed E-state index contributed by atoms with van der Waals surface area (Å²) in [6.07, 6.45) is 1.23. The number of anilines is 1. The van der Waals surface area contributed by atoms with Crippen LogP contribution >= 0.6 is 11.6 Å². The Morgan fingerprint density at radius 3 is 2.60 bits per heavy atom. The highest BCUT2D eigenvalue weighted by molar-refractivity contribution is 6.30. The van der Waals surface area contributed by atoms with Gasteiger partial charge in [-0.2, -0.15) is 0 Å². The zero-order valence-electron chi connectivity index (χ0n) is 14.9. The lowest BCUT2D eigenvalue weighted by Gasteiger charge is -2.19. The van der Waals surface area contributed by atoms with Crippen molar-refractivity contribution < 1.29 is 9.59 Å². The van der Waals surface area contributed by atoms with Gasteiger partial charge in [-0.3, -0.25) is 4.79 Å². The Balaban J connectivity index is 1.73. The molecule has 1 aromatic carbocycles. The maximum absolute atomic E-state index is 12.2. The number of rotatable bonds is 8. The van der Waals surface area contributed by atoms with Crippen LogP contribution in [0.15, 0.2) is 24.3 Å². The molecular formula is C18H27ClN4O2. The predicted molar refractivity (Wildman–Crippen MR) is 101 cm³/mol. The topological polar surface area (TPSA) is 64.7 Å². The summed E-state index contributed by atoms with van der Waals surface area (Å²) in [5, 5.41) is 6.38. The van der Waals surface area contributed by atoms with Crippen LogP contribution in [0, 0.1) is 0 Å². The van der Waals surface area contributed by atoms with Crippen LogP contribution in [-0.2, 0) is 4.79 Å². The van der Waals surface area contributed by atoms with E-state index in [1.165, 1.54) is 0 Å². The molecule has 1 saturated heterocycles. The minimum atomic E-state index is -0.213. The molecule has 0 aliphatic carbocycles. The number of urea groups is 1. The van der Waals surface area contributed by atoms with E-state index in [0.717, 1.165) is 31.7 Å². The van der Waals surface area contributed by atoms with Crippen LogP contribution in [0.4, 0.5) is 10.5 Å². The van der Waals surface area contributed by atoms with Crippen molar-refractivity contribution >= 4 is 29.2 Å². The minimum Gasteiger partial charge on any atom is -0.338 e. The number of amides is 3. The molecule has 0 bridgehead atoms. The van der Waals surface area contributed by atoms with Crippen molar-refractivity contribution in [3.8, 4) is 0 Å². The molecule has 25 heavy (non-hydrogen) atoms. The number of carbonyl (C=O) groups is 2. The van der Waals surface area contributed by atoms with Crippen molar-refractivity contribution in [3.63, 3.8) is 0 Å². The summed E-state index contributed by atoms with van der Waals surface area (Å²) in [5.41, 5.74) is 0.804. The van der Waals surface area contributed by atoms with Crippen LogP contribution in [0.3, 0.4) is 0 Å². The quantitative estimate of drug-likeness (QED) is 0.695. The molecule has 1 aromatic rings. The molecule has 7 heteroatoms. The molecule has 1 fully saturated rings. The monoisotopic (exact) mass is 366 g/mol. The average molecular weight is 367 g/mol. The molecule has 0 spiro atoms. The van der Waals surface area contributed by atoms with Gasteiger partial charge in [0.25, 0.3) is 0 Å². The Labute approximate surface area is 154 Å². The third kappa shape index (κ3) is 5.90. The number of benzene rings is 1. The van der Waals surface area contributed by atoms with E-state index in [1.807, 2.05) is 12.1 Å². The van der Waals surface area contributed by atoms with Crippen molar-refractivity contribution in [1.29, 1.82) is 0 Å². The fraction of sp³-hybridized carbons (Fsp3) is 0.556. The number of hydrogen-bond donors (Lipinski definition) is 2. The maximum Gasteiger partial charge on any atom is 0.315 e. The highest BCUT2D eigenvalue weighted by Crippen LogP contribution is 2.23. The van der Waals surface area contributed by atoms with Crippen molar-refractivity contribution in [3.05, 3.63) is 29.3 Å².